The van der Waals surface area contributed by atoms with Crippen molar-refractivity contribution >= 4 is 5.71 Å². The summed E-state index contributed by atoms with van der Waals surface area (Å²) in [6, 6.07) is 0. The van der Waals surface area contributed by atoms with Gasteiger partial charge in [0.1, 0.15) is 6.17 Å². The molecule has 13 heavy (non-hydrogen) atoms. The highest BCUT2D eigenvalue weighted by molar-refractivity contribution is 5.91. The molecule has 1 heterocycles. The van der Waals surface area contributed by atoms with Crippen molar-refractivity contribution in [3.8, 4) is 0 Å². The van der Waals surface area contributed by atoms with Gasteiger partial charge in [-0.2, -0.15) is 0 Å². The van der Waals surface area contributed by atoms with Crippen LogP contribution in [0, 0.1) is 5.92 Å². The second-order valence-electron chi connectivity index (χ2n) is 3.66. The van der Waals surface area contributed by atoms with E-state index < -0.39 is 0 Å². The molecule has 3 N–H and O–H groups in total. The molecule has 4 nitrogen and oxygen atoms in total. The van der Waals surface area contributed by atoms with E-state index in [2.05, 4.69) is 31.1 Å². The highest BCUT2D eigenvalue weighted by Gasteiger charge is 2.25. The van der Waals surface area contributed by atoms with E-state index in [-0.39, 0.29) is 6.17 Å². The largest absolute Gasteiger partial charge is 0.296 e. The smallest absolute Gasteiger partial charge is 0.112 e. The highest BCUT2D eigenvalue weighted by atomic mass is 15.5. The summed E-state index contributed by atoms with van der Waals surface area (Å²) in [6.45, 7) is 8.98. The highest BCUT2D eigenvalue weighted by Crippen LogP contribution is 2.08. The maximum Gasteiger partial charge on any atom is 0.112 e. The Kier molecular flexibility index (Phi) is 3.84. The molecule has 1 rings (SSSR count). The fourth-order valence-corrected chi connectivity index (χ4v) is 1.59. The lowest BCUT2D eigenvalue weighted by atomic mass is 10.0. The molecule has 76 valence electrons. The van der Waals surface area contributed by atoms with E-state index in [4.69, 9.17) is 5.84 Å². The zero-order chi connectivity index (χ0) is 9.84. The topological polar surface area (TPSA) is 53.7 Å². The second-order valence-corrected chi connectivity index (χ2v) is 3.66. The summed E-state index contributed by atoms with van der Waals surface area (Å²) < 4.78 is 0. The second kappa shape index (κ2) is 4.69. The van der Waals surface area contributed by atoms with E-state index in [1.807, 2.05) is 5.01 Å². The van der Waals surface area contributed by atoms with Crippen molar-refractivity contribution < 1.29 is 0 Å². The van der Waals surface area contributed by atoms with Crippen LogP contribution in [0.15, 0.2) is 4.99 Å². The molecule has 1 aliphatic heterocycles. The van der Waals surface area contributed by atoms with Gasteiger partial charge in [-0.15, -0.1) is 0 Å². The Morgan fingerprint density at radius 2 is 2.38 bits per heavy atom. The molecule has 0 aliphatic carbocycles. The van der Waals surface area contributed by atoms with Gasteiger partial charge in [0.15, 0.2) is 0 Å². The van der Waals surface area contributed by atoms with Gasteiger partial charge >= 0.3 is 0 Å². The zero-order valence-corrected chi connectivity index (χ0v) is 8.75. The first-order chi connectivity index (χ1) is 6.16. The normalized spacial score (nSPS) is 25.0. The van der Waals surface area contributed by atoms with E-state index in [1.165, 1.54) is 5.71 Å². The molecule has 0 fully saturated rings. The molecule has 0 aromatic rings. The number of aliphatic imine (C=N–C) groups is 1. The minimum Gasteiger partial charge on any atom is -0.296 e. The van der Waals surface area contributed by atoms with E-state index in [0.29, 0.717) is 5.92 Å². The fourth-order valence-electron chi connectivity index (χ4n) is 1.59. The van der Waals surface area contributed by atoms with Gasteiger partial charge < -0.3 is 0 Å². The summed E-state index contributed by atoms with van der Waals surface area (Å²) in [7, 11) is 0. The maximum atomic E-state index is 5.88. The van der Waals surface area contributed by atoms with Crippen LogP contribution in [-0.4, -0.2) is 36.5 Å². The summed E-state index contributed by atoms with van der Waals surface area (Å²) in [6.07, 6.45) is 0.138. The van der Waals surface area contributed by atoms with Crippen LogP contribution in [-0.2, 0) is 0 Å². The van der Waals surface area contributed by atoms with Crippen LogP contribution >= 0.6 is 0 Å². The van der Waals surface area contributed by atoms with Crippen LogP contribution in [0.5, 0.6) is 0 Å². The molecule has 0 saturated heterocycles. The van der Waals surface area contributed by atoms with Crippen molar-refractivity contribution in [3.05, 3.63) is 0 Å². The van der Waals surface area contributed by atoms with Gasteiger partial charge in [0.05, 0.1) is 6.54 Å². The van der Waals surface area contributed by atoms with Crippen LogP contribution in [0.2, 0.25) is 0 Å². The molecule has 4 heteroatoms. The molecule has 0 radical (unpaired) electrons. The van der Waals surface area contributed by atoms with Gasteiger partial charge in [0.2, 0.25) is 0 Å². The first-order valence-corrected chi connectivity index (χ1v) is 4.95. The molecule has 1 aliphatic rings. The molecule has 0 aromatic carbocycles. The minimum atomic E-state index is 0.138. The standard InChI is InChI=1S/C9H20N4/c1-4-11-9-8(7(2)3)12-5-6-13(9)10/h7,9,11H,4-6,10H2,1-3H3. The van der Waals surface area contributed by atoms with E-state index in [0.717, 1.165) is 19.6 Å². The van der Waals surface area contributed by atoms with Gasteiger partial charge in [0.25, 0.3) is 0 Å². The SMILES string of the molecule is CCNC1C(C(C)C)=NCCN1N. The van der Waals surface area contributed by atoms with Crippen LogP contribution in [0.4, 0.5) is 0 Å². The van der Waals surface area contributed by atoms with Gasteiger partial charge in [-0.05, 0) is 12.5 Å². The predicted molar refractivity (Wildman–Crippen MR) is 55.5 cm³/mol. The Morgan fingerprint density at radius 3 is 2.92 bits per heavy atom. The minimum absolute atomic E-state index is 0.138. The van der Waals surface area contributed by atoms with Crippen molar-refractivity contribution in [1.29, 1.82) is 0 Å². The average molecular weight is 184 g/mol. The number of nitrogens with zero attached hydrogens (tertiary/aromatic N) is 2. The maximum absolute atomic E-state index is 5.88. The molecule has 0 saturated carbocycles. The molecular formula is C9H20N4. The molecule has 0 spiro atoms. The Hall–Kier alpha value is -0.450. The number of nitrogens with two attached hydrogens (primary N) is 1. The van der Waals surface area contributed by atoms with Crippen LogP contribution in [0.3, 0.4) is 0 Å². The molecular weight excluding hydrogens is 164 g/mol. The third-order valence-electron chi connectivity index (χ3n) is 2.25. The van der Waals surface area contributed by atoms with Crippen molar-refractivity contribution in [1.82, 2.24) is 10.3 Å². The third kappa shape index (κ3) is 2.49. The lowest BCUT2D eigenvalue weighted by molar-refractivity contribution is 0.211. The molecule has 0 amide bonds. The van der Waals surface area contributed by atoms with Crippen LogP contribution < -0.4 is 11.2 Å². The number of hydrogen-bond acceptors (Lipinski definition) is 4. The Balaban J connectivity index is 2.71. The Morgan fingerprint density at radius 1 is 1.69 bits per heavy atom. The van der Waals surface area contributed by atoms with Crippen molar-refractivity contribution in [2.24, 2.45) is 16.8 Å². The molecule has 1 atom stereocenters. The van der Waals surface area contributed by atoms with Gasteiger partial charge in [-0.25, -0.2) is 5.01 Å². The van der Waals surface area contributed by atoms with Crippen LogP contribution in [0.1, 0.15) is 20.8 Å². The number of rotatable bonds is 3. The first-order valence-electron chi connectivity index (χ1n) is 4.95. The van der Waals surface area contributed by atoms with Gasteiger partial charge in [-0.1, -0.05) is 20.8 Å². The lowest BCUT2D eigenvalue weighted by Crippen LogP contribution is -2.58. The van der Waals surface area contributed by atoms with E-state index in [9.17, 15) is 0 Å². The molecule has 1 unspecified atom stereocenters. The summed E-state index contributed by atoms with van der Waals surface area (Å²) in [5.74, 6) is 6.35. The molecule has 0 bridgehead atoms. The van der Waals surface area contributed by atoms with Gasteiger partial charge in [0, 0.05) is 12.3 Å². The summed E-state index contributed by atoms with van der Waals surface area (Å²) in [5, 5.41) is 5.17. The predicted octanol–water partition coefficient (Wildman–Crippen LogP) is 0.208. The number of hydrogen-bond donors (Lipinski definition) is 2. The van der Waals surface area contributed by atoms with E-state index in [1.54, 1.807) is 0 Å². The van der Waals surface area contributed by atoms with Crippen molar-refractivity contribution in [3.63, 3.8) is 0 Å². The van der Waals surface area contributed by atoms with E-state index >= 15 is 0 Å². The average Bonchev–Trinajstić information content (AvgIpc) is 2.08. The number of nitrogens with one attached hydrogen (secondary N) is 1. The quantitative estimate of drug-likeness (QED) is 0.616. The third-order valence-corrected chi connectivity index (χ3v) is 2.25. The lowest BCUT2D eigenvalue weighted by Gasteiger charge is -2.34. The molecule has 0 aromatic heterocycles. The first kappa shape index (κ1) is 10.6. The summed E-state index contributed by atoms with van der Waals surface area (Å²) in [5.41, 5.74) is 1.18. The number of hydrazine groups is 1. The Labute approximate surface area is 80.2 Å². The summed E-state index contributed by atoms with van der Waals surface area (Å²) >= 11 is 0. The monoisotopic (exact) mass is 184 g/mol. The van der Waals surface area contributed by atoms with Crippen molar-refractivity contribution in [2.45, 2.75) is 26.9 Å². The van der Waals surface area contributed by atoms with Gasteiger partial charge in [-0.3, -0.25) is 16.2 Å². The summed E-state index contributed by atoms with van der Waals surface area (Å²) in [4.78, 5) is 4.51. The van der Waals surface area contributed by atoms with Crippen molar-refractivity contribution in [2.75, 3.05) is 19.6 Å². The Bertz CT molecular complexity index is 188. The fraction of sp³-hybridized carbons (Fsp3) is 0.889. The zero-order valence-electron chi connectivity index (χ0n) is 8.75. The van der Waals surface area contributed by atoms with Crippen LogP contribution in [0.25, 0.3) is 0 Å².